The fraction of sp³-hybridized carbons (Fsp3) is 0.556. The minimum atomic E-state index is -0.675. The minimum Gasteiger partial charge on any atom is -0.443 e. The predicted molar refractivity (Wildman–Crippen MR) is 131 cm³/mol. The van der Waals surface area contributed by atoms with Gasteiger partial charge in [-0.1, -0.05) is 12.1 Å². The molecule has 1 aliphatic heterocycles. The summed E-state index contributed by atoms with van der Waals surface area (Å²) in [7, 11) is 0. The SMILES string of the molecule is CCCc1nc2c(C(=O)C3CCC4(CC4)O3)cc(-c3c(C)noc3C)cc2n1C(=O)OC(C)(C)C. The highest BCUT2D eigenvalue weighted by atomic mass is 16.6. The first-order valence-electron chi connectivity index (χ1n) is 12.5. The lowest BCUT2D eigenvalue weighted by molar-refractivity contribution is 0.0267. The number of carbonyl (C=O) groups excluding carboxylic acids is 2. The van der Waals surface area contributed by atoms with E-state index in [2.05, 4.69) is 5.16 Å². The van der Waals surface area contributed by atoms with Crippen molar-refractivity contribution < 1.29 is 23.6 Å². The van der Waals surface area contributed by atoms with Crippen molar-refractivity contribution in [1.82, 2.24) is 14.7 Å². The molecule has 1 aliphatic carbocycles. The Kier molecular flexibility index (Phi) is 5.62. The summed E-state index contributed by atoms with van der Waals surface area (Å²) in [6.45, 7) is 11.2. The zero-order valence-corrected chi connectivity index (χ0v) is 21.4. The summed E-state index contributed by atoms with van der Waals surface area (Å²) in [4.78, 5) is 32.0. The van der Waals surface area contributed by atoms with Crippen molar-refractivity contribution >= 4 is 22.9 Å². The fourth-order valence-electron chi connectivity index (χ4n) is 5.03. The number of Topliss-reactive ketones (excluding diaryl/α,β-unsaturated/α-hetero) is 1. The van der Waals surface area contributed by atoms with Crippen LogP contribution in [0.4, 0.5) is 4.79 Å². The molecule has 1 spiro atoms. The molecule has 3 heterocycles. The maximum atomic E-state index is 13.8. The van der Waals surface area contributed by atoms with Gasteiger partial charge in [-0.2, -0.15) is 0 Å². The smallest absolute Gasteiger partial charge is 0.420 e. The molecular formula is C27H33N3O5. The number of ether oxygens (including phenoxy) is 2. The van der Waals surface area contributed by atoms with Crippen LogP contribution in [0.3, 0.4) is 0 Å². The number of fused-ring (bicyclic) bond motifs is 1. The van der Waals surface area contributed by atoms with Crippen molar-refractivity contribution in [1.29, 1.82) is 0 Å². The number of aromatic nitrogens is 3. The van der Waals surface area contributed by atoms with Gasteiger partial charge < -0.3 is 14.0 Å². The third-order valence-corrected chi connectivity index (χ3v) is 6.82. The number of aryl methyl sites for hydroxylation is 3. The Morgan fingerprint density at radius 1 is 1.20 bits per heavy atom. The standard InChI is InChI=1S/C27H33N3O5/c1-7-8-21-28-23-18(24(31)20-9-10-27(33-20)11-12-27)13-17(22-15(2)29-35-16(22)3)14-19(23)30(21)25(32)34-26(4,5)6/h13-14,20H,7-12H2,1-6H3. The van der Waals surface area contributed by atoms with Crippen molar-refractivity contribution in [3.63, 3.8) is 0 Å². The largest absolute Gasteiger partial charge is 0.443 e. The Labute approximate surface area is 205 Å². The summed E-state index contributed by atoms with van der Waals surface area (Å²) in [6, 6.07) is 3.73. The van der Waals surface area contributed by atoms with Gasteiger partial charge in [0.15, 0.2) is 5.78 Å². The molecule has 1 aromatic carbocycles. The van der Waals surface area contributed by atoms with Crippen LogP contribution in [-0.4, -0.2) is 43.9 Å². The molecule has 0 N–H and O–H groups in total. The zero-order valence-electron chi connectivity index (χ0n) is 21.4. The number of hydrogen-bond donors (Lipinski definition) is 0. The van der Waals surface area contributed by atoms with Gasteiger partial charge in [-0.25, -0.2) is 14.3 Å². The van der Waals surface area contributed by atoms with Crippen LogP contribution in [0.1, 0.15) is 87.4 Å². The van der Waals surface area contributed by atoms with Crippen LogP contribution in [0.5, 0.6) is 0 Å². The third kappa shape index (κ3) is 4.29. The lowest BCUT2D eigenvalue weighted by atomic mass is 9.96. The molecule has 8 heteroatoms. The van der Waals surface area contributed by atoms with Crippen molar-refractivity contribution in [3.8, 4) is 11.1 Å². The van der Waals surface area contributed by atoms with Gasteiger partial charge in [-0.15, -0.1) is 0 Å². The number of ketones is 1. The van der Waals surface area contributed by atoms with Gasteiger partial charge in [0.05, 0.1) is 16.8 Å². The molecule has 2 fully saturated rings. The molecule has 3 aromatic rings. The highest BCUT2D eigenvalue weighted by Crippen LogP contribution is 2.50. The zero-order chi connectivity index (χ0) is 25.1. The summed E-state index contributed by atoms with van der Waals surface area (Å²) in [5.41, 5.74) is 2.99. The highest BCUT2D eigenvalue weighted by molar-refractivity contribution is 6.11. The maximum absolute atomic E-state index is 13.8. The van der Waals surface area contributed by atoms with E-state index in [0.717, 1.165) is 36.8 Å². The molecule has 1 atom stereocenters. The van der Waals surface area contributed by atoms with Crippen LogP contribution < -0.4 is 0 Å². The van der Waals surface area contributed by atoms with E-state index >= 15 is 0 Å². The van der Waals surface area contributed by atoms with Crippen LogP contribution in [0.25, 0.3) is 22.2 Å². The van der Waals surface area contributed by atoms with Gasteiger partial charge in [0, 0.05) is 17.5 Å². The number of nitrogens with zero attached hydrogens (tertiary/aromatic N) is 3. The summed E-state index contributed by atoms with van der Waals surface area (Å²) in [5.74, 6) is 1.13. The summed E-state index contributed by atoms with van der Waals surface area (Å²) in [6.07, 6.45) is 3.99. The third-order valence-electron chi connectivity index (χ3n) is 6.82. The second-order valence-electron chi connectivity index (χ2n) is 10.9. The topological polar surface area (TPSA) is 96.5 Å². The van der Waals surface area contributed by atoms with E-state index in [9.17, 15) is 9.59 Å². The molecule has 186 valence electrons. The van der Waals surface area contributed by atoms with Gasteiger partial charge in [-0.05, 0) is 84.4 Å². The van der Waals surface area contributed by atoms with Crippen molar-refractivity contribution in [2.45, 2.75) is 97.4 Å². The quantitative estimate of drug-likeness (QED) is 0.418. The minimum absolute atomic E-state index is 0.0933. The number of rotatable bonds is 5. The van der Waals surface area contributed by atoms with Crippen LogP contribution in [-0.2, 0) is 15.9 Å². The Balaban J connectivity index is 1.72. The first-order chi connectivity index (χ1) is 16.5. The highest BCUT2D eigenvalue weighted by Gasteiger charge is 2.51. The molecule has 8 nitrogen and oxygen atoms in total. The van der Waals surface area contributed by atoms with E-state index in [-0.39, 0.29) is 11.4 Å². The second-order valence-corrected chi connectivity index (χ2v) is 10.9. The number of hydrogen-bond acceptors (Lipinski definition) is 7. The van der Waals surface area contributed by atoms with Gasteiger partial charge in [0.25, 0.3) is 0 Å². The number of benzene rings is 1. The van der Waals surface area contributed by atoms with Crippen molar-refractivity contribution in [2.24, 2.45) is 0 Å². The summed E-state index contributed by atoms with van der Waals surface area (Å²) < 4.78 is 18.9. The van der Waals surface area contributed by atoms with E-state index < -0.39 is 17.8 Å². The van der Waals surface area contributed by atoms with Crippen molar-refractivity contribution in [2.75, 3.05) is 0 Å². The van der Waals surface area contributed by atoms with Crippen LogP contribution >= 0.6 is 0 Å². The van der Waals surface area contributed by atoms with Gasteiger partial charge in [0.2, 0.25) is 0 Å². The summed E-state index contributed by atoms with van der Waals surface area (Å²) in [5, 5.41) is 4.09. The van der Waals surface area contributed by atoms with Crippen LogP contribution in [0.15, 0.2) is 16.7 Å². The first kappa shape index (κ1) is 23.7. The number of carbonyl (C=O) groups is 2. The molecule has 1 saturated heterocycles. The molecule has 5 rings (SSSR count). The fourth-order valence-corrected chi connectivity index (χ4v) is 5.03. The van der Waals surface area contributed by atoms with Crippen LogP contribution in [0.2, 0.25) is 0 Å². The average molecular weight is 480 g/mol. The first-order valence-corrected chi connectivity index (χ1v) is 12.5. The second kappa shape index (κ2) is 8.29. The lowest BCUT2D eigenvalue weighted by Gasteiger charge is -2.20. The molecule has 2 aliphatic rings. The molecule has 35 heavy (non-hydrogen) atoms. The normalized spacial score (nSPS) is 19.0. The predicted octanol–water partition coefficient (Wildman–Crippen LogP) is 5.94. The van der Waals surface area contributed by atoms with Gasteiger partial charge >= 0.3 is 6.09 Å². The summed E-state index contributed by atoms with van der Waals surface area (Å²) >= 11 is 0. The van der Waals surface area contributed by atoms with E-state index in [1.165, 1.54) is 4.57 Å². The molecule has 2 aromatic heterocycles. The maximum Gasteiger partial charge on any atom is 0.420 e. The monoisotopic (exact) mass is 479 g/mol. The van der Waals surface area contributed by atoms with E-state index in [4.69, 9.17) is 19.0 Å². The lowest BCUT2D eigenvalue weighted by Crippen LogP contribution is -2.28. The molecule has 0 amide bonds. The Hall–Kier alpha value is -3.00. The Morgan fingerprint density at radius 2 is 1.94 bits per heavy atom. The van der Waals surface area contributed by atoms with E-state index in [1.54, 1.807) is 0 Å². The molecular weight excluding hydrogens is 446 g/mol. The molecule has 0 bridgehead atoms. The van der Waals surface area contributed by atoms with E-state index in [0.29, 0.717) is 46.7 Å². The Bertz CT molecular complexity index is 1300. The van der Waals surface area contributed by atoms with Gasteiger partial charge in [-0.3, -0.25) is 4.79 Å². The number of imidazole rings is 1. The molecule has 1 unspecified atom stereocenters. The van der Waals surface area contributed by atoms with E-state index in [1.807, 2.05) is 53.7 Å². The van der Waals surface area contributed by atoms with Crippen molar-refractivity contribution in [3.05, 3.63) is 35.0 Å². The molecule has 1 saturated carbocycles. The Morgan fingerprint density at radius 3 is 2.51 bits per heavy atom. The van der Waals surface area contributed by atoms with Crippen LogP contribution in [0, 0.1) is 13.8 Å². The molecule has 0 radical (unpaired) electrons. The average Bonchev–Trinajstić information content (AvgIpc) is 3.08. The van der Waals surface area contributed by atoms with Gasteiger partial charge in [0.1, 0.15) is 28.8 Å².